The summed E-state index contributed by atoms with van der Waals surface area (Å²) < 4.78 is 21.7. The molecule has 0 spiro atoms. The van der Waals surface area contributed by atoms with Crippen LogP contribution in [0.25, 0.3) is 0 Å². The third-order valence-electron chi connectivity index (χ3n) is 2.58. The van der Waals surface area contributed by atoms with Gasteiger partial charge in [0.1, 0.15) is 12.4 Å². The van der Waals surface area contributed by atoms with Crippen molar-refractivity contribution in [2.24, 2.45) is 0 Å². The molecule has 0 amide bonds. The molecule has 0 aromatic heterocycles. The van der Waals surface area contributed by atoms with Crippen LogP contribution in [-0.4, -0.2) is 46.2 Å². The summed E-state index contributed by atoms with van der Waals surface area (Å²) in [5, 5.41) is 0. The molecule has 20 heavy (non-hydrogen) atoms. The number of hydrogen-bond donors (Lipinski definition) is 0. The highest BCUT2D eigenvalue weighted by molar-refractivity contribution is 5.27. The van der Waals surface area contributed by atoms with Gasteiger partial charge in [-0.15, -0.1) is 0 Å². The number of ether oxygens (including phenoxy) is 4. The van der Waals surface area contributed by atoms with Gasteiger partial charge in [0, 0.05) is 6.61 Å². The summed E-state index contributed by atoms with van der Waals surface area (Å²) in [6, 6.07) is 8.00. The maximum atomic E-state index is 5.57. The van der Waals surface area contributed by atoms with Crippen LogP contribution in [0, 0.1) is 6.92 Å². The molecule has 0 aliphatic rings. The molecule has 1 aromatic carbocycles. The lowest BCUT2D eigenvalue weighted by Gasteiger charge is -2.08. The van der Waals surface area contributed by atoms with Crippen molar-refractivity contribution in [1.29, 1.82) is 0 Å². The zero-order chi connectivity index (χ0) is 14.5. The Balaban J connectivity index is 1.85. The first kappa shape index (κ1) is 17.0. The van der Waals surface area contributed by atoms with Gasteiger partial charge < -0.3 is 18.9 Å². The van der Waals surface area contributed by atoms with Gasteiger partial charge in [-0.25, -0.2) is 0 Å². The third kappa shape index (κ3) is 8.91. The fourth-order valence-corrected chi connectivity index (χ4v) is 1.61. The van der Waals surface area contributed by atoms with Gasteiger partial charge >= 0.3 is 0 Å². The van der Waals surface area contributed by atoms with E-state index < -0.39 is 0 Å². The van der Waals surface area contributed by atoms with Crippen LogP contribution in [0.4, 0.5) is 0 Å². The number of benzene rings is 1. The number of aryl methyl sites for hydroxylation is 1. The van der Waals surface area contributed by atoms with E-state index in [0.717, 1.165) is 18.8 Å². The Morgan fingerprint density at radius 1 is 0.800 bits per heavy atom. The SMILES string of the molecule is CCCOCCOCCOCCOc1cccc(C)c1. The smallest absolute Gasteiger partial charge is 0.119 e. The normalized spacial score (nSPS) is 10.7. The monoisotopic (exact) mass is 282 g/mol. The molecule has 4 nitrogen and oxygen atoms in total. The second-order valence-corrected chi connectivity index (χ2v) is 4.50. The Labute approximate surface area is 122 Å². The van der Waals surface area contributed by atoms with Gasteiger partial charge in [0.2, 0.25) is 0 Å². The van der Waals surface area contributed by atoms with E-state index in [-0.39, 0.29) is 0 Å². The molecule has 0 fully saturated rings. The van der Waals surface area contributed by atoms with Crippen LogP contribution in [0.3, 0.4) is 0 Å². The van der Waals surface area contributed by atoms with Crippen LogP contribution in [0.5, 0.6) is 5.75 Å². The number of rotatable bonds is 12. The van der Waals surface area contributed by atoms with Crippen molar-refractivity contribution in [1.82, 2.24) is 0 Å². The van der Waals surface area contributed by atoms with E-state index in [1.807, 2.05) is 31.2 Å². The Hall–Kier alpha value is -1.10. The molecule has 0 aliphatic carbocycles. The lowest BCUT2D eigenvalue weighted by molar-refractivity contribution is 0.00945. The van der Waals surface area contributed by atoms with E-state index in [4.69, 9.17) is 18.9 Å². The summed E-state index contributed by atoms with van der Waals surface area (Å²) >= 11 is 0. The van der Waals surface area contributed by atoms with Crippen LogP contribution in [0.1, 0.15) is 18.9 Å². The van der Waals surface area contributed by atoms with Crippen molar-refractivity contribution < 1.29 is 18.9 Å². The number of hydrogen-bond acceptors (Lipinski definition) is 4. The van der Waals surface area contributed by atoms with Gasteiger partial charge in [0.15, 0.2) is 0 Å². The Morgan fingerprint density at radius 3 is 2.00 bits per heavy atom. The molecule has 0 aliphatic heterocycles. The molecule has 4 heteroatoms. The average molecular weight is 282 g/mol. The highest BCUT2D eigenvalue weighted by atomic mass is 16.6. The first-order valence-electron chi connectivity index (χ1n) is 7.25. The summed E-state index contributed by atoms with van der Waals surface area (Å²) in [6.45, 7) is 8.54. The van der Waals surface area contributed by atoms with Gasteiger partial charge in [-0.1, -0.05) is 19.1 Å². The standard InChI is InChI=1S/C16H26O4/c1-3-7-17-8-9-18-10-11-19-12-13-20-16-6-4-5-15(2)14-16/h4-6,14H,3,7-13H2,1-2H3. The predicted molar refractivity (Wildman–Crippen MR) is 79.4 cm³/mol. The largest absolute Gasteiger partial charge is 0.491 e. The minimum absolute atomic E-state index is 0.559. The van der Waals surface area contributed by atoms with Crippen LogP contribution in [-0.2, 0) is 14.2 Å². The van der Waals surface area contributed by atoms with Crippen molar-refractivity contribution in [3.8, 4) is 5.75 Å². The fraction of sp³-hybridized carbons (Fsp3) is 0.625. The average Bonchev–Trinajstić information content (AvgIpc) is 2.45. The molecule has 0 heterocycles. The second-order valence-electron chi connectivity index (χ2n) is 4.50. The second kappa shape index (κ2) is 11.7. The highest BCUT2D eigenvalue weighted by Crippen LogP contribution is 2.11. The Morgan fingerprint density at radius 2 is 1.40 bits per heavy atom. The van der Waals surface area contributed by atoms with Crippen molar-refractivity contribution in [2.75, 3.05) is 46.2 Å². The molecule has 1 rings (SSSR count). The van der Waals surface area contributed by atoms with E-state index >= 15 is 0 Å². The van der Waals surface area contributed by atoms with Gasteiger partial charge in [-0.3, -0.25) is 0 Å². The van der Waals surface area contributed by atoms with E-state index in [1.54, 1.807) is 0 Å². The van der Waals surface area contributed by atoms with E-state index in [0.29, 0.717) is 39.6 Å². The molecule has 0 N–H and O–H groups in total. The Bertz CT molecular complexity index is 341. The predicted octanol–water partition coefficient (Wildman–Crippen LogP) is 2.83. The molecular weight excluding hydrogens is 256 g/mol. The topological polar surface area (TPSA) is 36.9 Å². The maximum absolute atomic E-state index is 5.57. The van der Waals surface area contributed by atoms with Crippen molar-refractivity contribution >= 4 is 0 Å². The van der Waals surface area contributed by atoms with E-state index in [2.05, 4.69) is 6.92 Å². The van der Waals surface area contributed by atoms with Crippen molar-refractivity contribution in [2.45, 2.75) is 20.3 Å². The van der Waals surface area contributed by atoms with Gasteiger partial charge in [-0.05, 0) is 31.0 Å². The summed E-state index contributed by atoms with van der Waals surface area (Å²) in [5.74, 6) is 0.887. The molecule has 0 unspecified atom stereocenters. The summed E-state index contributed by atoms with van der Waals surface area (Å²) in [4.78, 5) is 0. The molecule has 114 valence electrons. The Kier molecular flexibility index (Phi) is 9.92. The molecule has 0 saturated carbocycles. The summed E-state index contributed by atoms with van der Waals surface area (Å²) in [7, 11) is 0. The lowest BCUT2D eigenvalue weighted by Crippen LogP contribution is -2.12. The first-order chi connectivity index (χ1) is 9.83. The van der Waals surface area contributed by atoms with Gasteiger partial charge in [-0.2, -0.15) is 0 Å². The highest BCUT2D eigenvalue weighted by Gasteiger charge is 1.95. The molecule has 1 aromatic rings. The minimum Gasteiger partial charge on any atom is -0.491 e. The summed E-state index contributed by atoms with van der Waals surface area (Å²) in [6.07, 6.45) is 1.05. The molecule has 0 saturated heterocycles. The maximum Gasteiger partial charge on any atom is 0.119 e. The minimum atomic E-state index is 0.559. The van der Waals surface area contributed by atoms with Gasteiger partial charge in [0.25, 0.3) is 0 Å². The van der Waals surface area contributed by atoms with Crippen LogP contribution >= 0.6 is 0 Å². The van der Waals surface area contributed by atoms with Crippen molar-refractivity contribution in [3.63, 3.8) is 0 Å². The van der Waals surface area contributed by atoms with Crippen LogP contribution in [0.15, 0.2) is 24.3 Å². The van der Waals surface area contributed by atoms with Crippen LogP contribution < -0.4 is 4.74 Å². The third-order valence-corrected chi connectivity index (χ3v) is 2.58. The van der Waals surface area contributed by atoms with Gasteiger partial charge in [0.05, 0.1) is 33.0 Å². The zero-order valence-electron chi connectivity index (χ0n) is 12.6. The van der Waals surface area contributed by atoms with E-state index in [1.165, 1.54) is 5.56 Å². The fourth-order valence-electron chi connectivity index (χ4n) is 1.61. The molecule has 0 atom stereocenters. The molecule has 0 radical (unpaired) electrons. The quantitative estimate of drug-likeness (QED) is 0.552. The molecular formula is C16H26O4. The van der Waals surface area contributed by atoms with Crippen molar-refractivity contribution in [3.05, 3.63) is 29.8 Å². The molecule has 0 bridgehead atoms. The lowest BCUT2D eigenvalue weighted by atomic mass is 10.2. The van der Waals surface area contributed by atoms with Crippen LogP contribution in [0.2, 0.25) is 0 Å². The van der Waals surface area contributed by atoms with E-state index in [9.17, 15) is 0 Å². The zero-order valence-corrected chi connectivity index (χ0v) is 12.6. The summed E-state index contributed by atoms with van der Waals surface area (Å²) in [5.41, 5.74) is 1.20. The first-order valence-corrected chi connectivity index (χ1v) is 7.25.